The lowest BCUT2D eigenvalue weighted by Gasteiger charge is -2.15. The summed E-state index contributed by atoms with van der Waals surface area (Å²) >= 11 is 0. The first-order valence-corrected chi connectivity index (χ1v) is 7.16. The zero-order valence-corrected chi connectivity index (χ0v) is 13.2. The Hall–Kier alpha value is -2.08. The number of hydrogen-bond acceptors (Lipinski definition) is 4. The molecule has 0 bridgehead atoms. The van der Waals surface area contributed by atoms with E-state index in [4.69, 9.17) is 14.6 Å². The van der Waals surface area contributed by atoms with Crippen molar-refractivity contribution in [2.75, 3.05) is 13.7 Å². The highest BCUT2D eigenvalue weighted by atomic mass is 16.5. The van der Waals surface area contributed by atoms with Crippen LogP contribution in [0.3, 0.4) is 0 Å². The highest BCUT2D eigenvalue weighted by Gasteiger charge is 2.15. The molecule has 122 valence electrons. The van der Waals surface area contributed by atoms with Crippen LogP contribution >= 0.6 is 0 Å². The number of carboxylic acids is 1. The van der Waals surface area contributed by atoms with E-state index in [9.17, 15) is 9.59 Å². The van der Waals surface area contributed by atoms with Crippen LogP contribution in [0.1, 0.15) is 25.8 Å². The van der Waals surface area contributed by atoms with Crippen LogP contribution in [0.5, 0.6) is 5.75 Å². The molecule has 6 nitrogen and oxygen atoms in total. The molecule has 0 spiro atoms. The molecular weight excluding hydrogens is 286 g/mol. The van der Waals surface area contributed by atoms with Gasteiger partial charge >= 0.3 is 5.97 Å². The Bertz CT molecular complexity index is 503. The van der Waals surface area contributed by atoms with Crippen molar-refractivity contribution in [3.63, 3.8) is 0 Å². The molecule has 2 N–H and O–H groups in total. The fourth-order valence-corrected chi connectivity index (χ4v) is 1.85. The van der Waals surface area contributed by atoms with Gasteiger partial charge in [-0.3, -0.25) is 9.59 Å². The zero-order valence-electron chi connectivity index (χ0n) is 13.2. The van der Waals surface area contributed by atoms with E-state index in [1.165, 1.54) is 0 Å². The first-order valence-electron chi connectivity index (χ1n) is 7.16. The van der Waals surface area contributed by atoms with Crippen LogP contribution in [0.2, 0.25) is 0 Å². The minimum Gasteiger partial charge on any atom is -0.497 e. The zero-order chi connectivity index (χ0) is 16.5. The molecule has 0 fully saturated rings. The summed E-state index contributed by atoms with van der Waals surface area (Å²) in [6.07, 6.45) is -0.581. The van der Waals surface area contributed by atoms with Crippen molar-refractivity contribution in [1.29, 1.82) is 0 Å². The summed E-state index contributed by atoms with van der Waals surface area (Å²) in [5.41, 5.74) is 0.915. The second kappa shape index (κ2) is 9.04. The molecule has 0 saturated carbocycles. The van der Waals surface area contributed by atoms with Crippen molar-refractivity contribution < 1.29 is 24.2 Å². The van der Waals surface area contributed by atoms with E-state index in [1.807, 2.05) is 24.3 Å². The predicted molar refractivity (Wildman–Crippen MR) is 81.7 cm³/mol. The van der Waals surface area contributed by atoms with Gasteiger partial charge in [-0.1, -0.05) is 19.1 Å². The number of rotatable bonds is 9. The van der Waals surface area contributed by atoms with Crippen molar-refractivity contribution >= 4 is 11.9 Å². The molecule has 0 saturated heterocycles. The maximum absolute atomic E-state index is 11.9. The fourth-order valence-electron chi connectivity index (χ4n) is 1.85. The van der Waals surface area contributed by atoms with Crippen molar-refractivity contribution in [2.24, 2.45) is 5.92 Å². The van der Waals surface area contributed by atoms with Crippen molar-refractivity contribution in [3.05, 3.63) is 29.8 Å². The van der Waals surface area contributed by atoms with Crippen LogP contribution < -0.4 is 10.1 Å². The Morgan fingerprint density at radius 3 is 2.68 bits per heavy atom. The molecule has 2 unspecified atom stereocenters. The Balaban J connectivity index is 2.36. The fraction of sp³-hybridized carbons (Fsp3) is 0.500. The third-order valence-corrected chi connectivity index (χ3v) is 3.15. The van der Waals surface area contributed by atoms with E-state index < -0.39 is 12.1 Å². The molecule has 0 aromatic heterocycles. The second-order valence-electron chi connectivity index (χ2n) is 5.25. The van der Waals surface area contributed by atoms with E-state index in [1.54, 1.807) is 21.0 Å². The molecule has 0 aliphatic rings. The number of carbonyl (C=O) groups is 2. The molecule has 1 aromatic carbocycles. The highest BCUT2D eigenvalue weighted by molar-refractivity contribution is 5.80. The Labute approximate surface area is 130 Å². The van der Waals surface area contributed by atoms with Gasteiger partial charge in [-0.05, 0) is 30.5 Å². The highest BCUT2D eigenvalue weighted by Crippen LogP contribution is 2.13. The summed E-state index contributed by atoms with van der Waals surface area (Å²) in [6.45, 7) is 4.06. The quantitative estimate of drug-likeness (QED) is 0.727. The smallest absolute Gasteiger partial charge is 0.303 e. The molecule has 0 radical (unpaired) electrons. The number of benzene rings is 1. The topological polar surface area (TPSA) is 84.9 Å². The second-order valence-corrected chi connectivity index (χ2v) is 5.25. The summed E-state index contributed by atoms with van der Waals surface area (Å²) in [5, 5.41) is 11.4. The van der Waals surface area contributed by atoms with Gasteiger partial charge in [0.1, 0.15) is 11.9 Å². The predicted octanol–water partition coefficient (Wildman–Crippen LogP) is 1.83. The number of methoxy groups -OCH3 is 1. The molecule has 1 rings (SSSR count). The van der Waals surface area contributed by atoms with Crippen molar-refractivity contribution in [2.45, 2.75) is 33.0 Å². The average Bonchev–Trinajstić information content (AvgIpc) is 2.49. The summed E-state index contributed by atoms with van der Waals surface area (Å²) in [4.78, 5) is 22.4. The first-order chi connectivity index (χ1) is 10.4. The maximum Gasteiger partial charge on any atom is 0.303 e. The van der Waals surface area contributed by atoms with Gasteiger partial charge in [-0.25, -0.2) is 0 Å². The summed E-state index contributed by atoms with van der Waals surface area (Å²) in [6, 6.07) is 7.43. The van der Waals surface area contributed by atoms with Gasteiger partial charge in [-0.2, -0.15) is 0 Å². The summed E-state index contributed by atoms with van der Waals surface area (Å²) in [7, 11) is 1.59. The van der Waals surface area contributed by atoms with E-state index in [0.717, 1.165) is 11.3 Å². The Morgan fingerprint density at radius 2 is 2.05 bits per heavy atom. The van der Waals surface area contributed by atoms with Crippen LogP contribution in [0.4, 0.5) is 0 Å². The van der Waals surface area contributed by atoms with Crippen LogP contribution in [-0.2, 0) is 20.9 Å². The molecule has 0 aliphatic carbocycles. The maximum atomic E-state index is 11.9. The van der Waals surface area contributed by atoms with Gasteiger partial charge in [0, 0.05) is 13.0 Å². The van der Waals surface area contributed by atoms with Gasteiger partial charge in [0.2, 0.25) is 5.91 Å². The molecule has 0 heterocycles. The molecule has 6 heteroatoms. The lowest BCUT2D eigenvalue weighted by molar-refractivity contribution is -0.138. The van der Waals surface area contributed by atoms with Gasteiger partial charge in [0.15, 0.2) is 0 Å². The summed E-state index contributed by atoms with van der Waals surface area (Å²) < 4.78 is 10.6. The van der Waals surface area contributed by atoms with Crippen LogP contribution in [0.15, 0.2) is 24.3 Å². The Kier molecular flexibility index (Phi) is 7.39. The number of carboxylic acid groups (broad SMARTS) is 1. The Morgan fingerprint density at radius 1 is 1.32 bits per heavy atom. The number of hydrogen-bond donors (Lipinski definition) is 2. The summed E-state index contributed by atoms with van der Waals surface area (Å²) in [5.74, 6) is -0.503. The van der Waals surface area contributed by atoms with Crippen LogP contribution in [0, 0.1) is 5.92 Å². The molecule has 2 atom stereocenters. The lowest BCUT2D eigenvalue weighted by Crippen LogP contribution is -2.37. The lowest BCUT2D eigenvalue weighted by atomic mass is 10.1. The largest absolute Gasteiger partial charge is 0.497 e. The monoisotopic (exact) mass is 309 g/mol. The van der Waals surface area contributed by atoms with Crippen molar-refractivity contribution in [1.82, 2.24) is 5.32 Å². The molecule has 22 heavy (non-hydrogen) atoms. The normalized spacial score (nSPS) is 13.2. The van der Waals surface area contributed by atoms with Gasteiger partial charge in [0.05, 0.1) is 13.7 Å². The van der Waals surface area contributed by atoms with Crippen LogP contribution in [0.25, 0.3) is 0 Å². The van der Waals surface area contributed by atoms with Gasteiger partial charge in [0.25, 0.3) is 0 Å². The minimum absolute atomic E-state index is 0.0271. The van der Waals surface area contributed by atoms with Gasteiger partial charge < -0.3 is 19.9 Å². The third kappa shape index (κ3) is 6.58. The van der Waals surface area contributed by atoms with E-state index in [2.05, 4.69) is 5.32 Å². The molecule has 1 aromatic rings. The molecular formula is C16H23NO5. The first kappa shape index (κ1) is 18.0. The minimum atomic E-state index is -0.871. The van der Waals surface area contributed by atoms with Gasteiger partial charge in [-0.15, -0.1) is 0 Å². The van der Waals surface area contributed by atoms with E-state index in [0.29, 0.717) is 13.2 Å². The van der Waals surface area contributed by atoms with Crippen molar-refractivity contribution in [3.8, 4) is 5.75 Å². The number of amides is 1. The van der Waals surface area contributed by atoms with E-state index in [-0.39, 0.29) is 18.2 Å². The number of carbonyl (C=O) groups excluding carboxylic acids is 1. The van der Waals surface area contributed by atoms with Crippen LogP contribution in [-0.4, -0.2) is 36.7 Å². The van der Waals surface area contributed by atoms with E-state index >= 15 is 0 Å². The number of nitrogens with one attached hydrogen (secondary N) is 1. The average molecular weight is 309 g/mol. The number of ether oxygens (including phenoxy) is 2. The third-order valence-electron chi connectivity index (χ3n) is 3.15. The molecule has 0 aliphatic heterocycles. The molecule has 1 amide bonds. The SMILES string of the molecule is COc1cccc(COC(C)C(=O)NCC(C)CC(=O)O)c1. The standard InChI is InChI=1S/C16H23NO5/c1-11(7-15(18)19)9-17-16(20)12(2)22-10-13-5-4-6-14(8-13)21-3/h4-6,8,11-12H,7,9-10H2,1-3H3,(H,17,20)(H,18,19). The number of aliphatic carboxylic acids is 1.